The highest BCUT2D eigenvalue weighted by atomic mass is 16.5. The highest BCUT2D eigenvalue weighted by Crippen LogP contribution is 2.44. The third-order valence-corrected chi connectivity index (χ3v) is 6.09. The Kier molecular flexibility index (Phi) is 7.45. The monoisotopic (exact) mass is 472 g/mol. The zero-order valence-corrected chi connectivity index (χ0v) is 19.6. The van der Waals surface area contributed by atoms with Crippen LogP contribution >= 0.6 is 0 Å². The number of nitrogens with one attached hydrogen (secondary N) is 1. The van der Waals surface area contributed by atoms with Crippen molar-refractivity contribution in [1.29, 1.82) is 0 Å². The van der Waals surface area contributed by atoms with Gasteiger partial charge in [-0.05, 0) is 46.4 Å². The van der Waals surface area contributed by atoms with E-state index in [4.69, 9.17) is 9.84 Å². The van der Waals surface area contributed by atoms with Crippen molar-refractivity contribution in [3.8, 4) is 11.1 Å². The van der Waals surface area contributed by atoms with Crippen LogP contribution in [0.25, 0.3) is 11.1 Å². The van der Waals surface area contributed by atoms with Crippen LogP contribution in [0.2, 0.25) is 0 Å². The molecule has 0 unspecified atom stereocenters. The van der Waals surface area contributed by atoms with Crippen LogP contribution in [0, 0.1) is 0 Å². The molecule has 0 saturated carbocycles. The zero-order chi connectivity index (χ0) is 24.8. The molecular weight excluding hydrogens is 444 g/mol. The van der Waals surface area contributed by atoms with E-state index in [1.807, 2.05) is 31.2 Å². The van der Waals surface area contributed by atoms with E-state index in [1.165, 1.54) is 16.0 Å². The molecule has 0 aliphatic heterocycles. The lowest BCUT2D eigenvalue weighted by molar-refractivity contribution is -0.137. The number of amides is 2. The Hall–Kier alpha value is -4.13. The number of carbonyl (C=O) groups excluding carboxylic acids is 2. The molecule has 2 N–H and O–H groups in total. The Bertz CT molecular complexity index is 1180. The van der Waals surface area contributed by atoms with Crippen LogP contribution in [0.4, 0.5) is 4.79 Å². The molecule has 0 radical (unpaired) electrons. The summed E-state index contributed by atoms with van der Waals surface area (Å²) in [7, 11) is 0. The van der Waals surface area contributed by atoms with Gasteiger partial charge in [0.2, 0.25) is 0 Å². The summed E-state index contributed by atoms with van der Waals surface area (Å²) in [6.45, 7) is 2.41. The Morgan fingerprint density at radius 1 is 0.914 bits per heavy atom. The maximum absolute atomic E-state index is 12.6. The van der Waals surface area contributed by atoms with Gasteiger partial charge in [0, 0.05) is 24.6 Å². The summed E-state index contributed by atoms with van der Waals surface area (Å²) in [6.07, 6.45) is 0.156. The molecule has 0 atom stereocenters. The van der Waals surface area contributed by atoms with Crippen LogP contribution in [0.15, 0.2) is 72.8 Å². The molecule has 3 aromatic carbocycles. The molecule has 7 nitrogen and oxygen atoms in total. The third-order valence-electron chi connectivity index (χ3n) is 6.09. The molecule has 3 aromatic rings. The number of alkyl carbamates (subject to hydrolysis) is 1. The molecular formula is C28H28N2O5. The SMILES string of the molecule is CCCN(CC(=O)O)C(=O)c1ccc(CNC(=O)OCC2c3ccccc3-c3ccccc32)cc1. The minimum atomic E-state index is -1.05. The molecule has 0 heterocycles. The first kappa shape index (κ1) is 24.0. The van der Waals surface area contributed by atoms with Gasteiger partial charge in [0.05, 0.1) is 0 Å². The number of carboxylic acids is 1. The quantitative estimate of drug-likeness (QED) is 0.472. The third kappa shape index (κ3) is 5.51. The van der Waals surface area contributed by atoms with Crippen molar-refractivity contribution in [3.63, 3.8) is 0 Å². The number of nitrogens with zero attached hydrogens (tertiary/aromatic N) is 1. The predicted octanol–water partition coefficient (Wildman–Crippen LogP) is 4.66. The van der Waals surface area contributed by atoms with Gasteiger partial charge < -0.3 is 20.1 Å². The van der Waals surface area contributed by atoms with E-state index in [0.29, 0.717) is 18.5 Å². The Labute approximate surface area is 204 Å². The van der Waals surface area contributed by atoms with Crippen molar-refractivity contribution >= 4 is 18.0 Å². The molecule has 35 heavy (non-hydrogen) atoms. The molecule has 1 aliphatic carbocycles. The molecule has 1 aliphatic rings. The number of carboxylic acid groups (broad SMARTS) is 1. The van der Waals surface area contributed by atoms with Crippen LogP contribution in [0.5, 0.6) is 0 Å². The van der Waals surface area contributed by atoms with Gasteiger partial charge in [-0.15, -0.1) is 0 Å². The van der Waals surface area contributed by atoms with Crippen LogP contribution < -0.4 is 5.32 Å². The Morgan fingerprint density at radius 2 is 1.51 bits per heavy atom. The standard InChI is InChI=1S/C28H28N2O5/c1-2-15-30(17-26(31)32)27(33)20-13-11-19(12-14-20)16-29-28(34)35-18-25-23-9-5-3-7-21(23)22-8-4-6-10-24(22)25/h3-14,25H,2,15-18H2,1H3,(H,29,34)(H,31,32). The van der Waals surface area contributed by atoms with E-state index < -0.39 is 12.1 Å². The van der Waals surface area contributed by atoms with Crippen molar-refractivity contribution in [2.45, 2.75) is 25.8 Å². The van der Waals surface area contributed by atoms with E-state index in [0.717, 1.165) is 16.7 Å². The number of benzene rings is 3. The van der Waals surface area contributed by atoms with Crippen LogP contribution in [-0.2, 0) is 16.1 Å². The largest absolute Gasteiger partial charge is 0.480 e. The summed E-state index contributed by atoms with van der Waals surface area (Å²) in [5.74, 6) is -1.38. The van der Waals surface area contributed by atoms with E-state index in [2.05, 4.69) is 29.6 Å². The van der Waals surface area contributed by atoms with Crippen LogP contribution in [0.1, 0.15) is 46.3 Å². The van der Waals surface area contributed by atoms with Gasteiger partial charge in [-0.1, -0.05) is 67.6 Å². The Morgan fingerprint density at radius 3 is 2.09 bits per heavy atom. The summed E-state index contributed by atoms with van der Waals surface area (Å²) >= 11 is 0. The number of hydrogen-bond donors (Lipinski definition) is 2. The van der Waals surface area contributed by atoms with E-state index in [1.54, 1.807) is 24.3 Å². The number of aliphatic carboxylic acids is 1. The molecule has 7 heteroatoms. The van der Waals surface area contributed by atoms with Gasteiger partial charge in [-0.25, -0.2) is 4.79 Å². The van der Waals surface area contributed by atoms with Gasteiger partial charge in [0.1, 0.15) is 13.2 Å². The van der Waals surface area contributed by atoms with Crippen molar-refractivity contribution < 1.29 is 24.2 Å². The summed E-state index contributed by atoms with van der Waals surface area (Å²) in [5, 5.41) is 11.8. The lowest BCUT2D eigenvalue weighted by atomic mass is 9.98. The Balaban J connectivity index is 1.32. The van der Waals surface area contributed by atoms with Crippen LogP contribution in [0.3, 0.4) is 0 Å². The second kappa shape index (κ2) is 10.9. The van der Waals surface area contributed by atoms with Gasteiger partial charge in [0.15, 0.2) is 0 Å². The average Bonchev–Trinajstić information content (AvgIpc) is 3.19. The van der Waals surface area contributed by atoms with Gasteiger partial charge >= 0.3 is 12.1 Å². The maximum atomic E-state index is 12.6. The second-order valence-electron chi connectivity index (χ2n) is 8.50. The van der Waals surface area contributed by atoms with Gasteiger partial charge in [-0.2, -0.15) is 0 Å². The first-order valence-electron chi connectivity index (χ1n) is 11.7. The first-order valence-corrected chi connectivity index (χ1v) is 11.7. The van der Waals surface area contributed by atoms with Gasteiger partial charge in [0.25, 0.3) is 5.91 Å². The van der Waals surface area contributed by atoms with Crippen molar-refractivity contribution in [2.75, 3.05) is 19.7 Å². The minimum absolute atomic E-state index is 0.00434. The summed E-state index contributed by atoms with van der Waals surface area (Å²) in [5.41, 5.74) is 5.86. The smallest absolute Gasteiger partial charge is 0.407 e. The second-order valence-corrected chi connectivity index (χ2v) is 8.50. The lowest BCUT2D eigenvalue weighted by Gasteiger charge is -2.20. The minimum Gasteiger partial charge on any atom is -0.480 e. The number of rotatable bonds is 9. The fourth-order valence-corrected chi connectivity index (χ4v) is 4.46. The van der Waals surface area contributed by atoms with E-state index in [-0.39, 0.29) is 31.5 Å². The fourth-order valence-electron chi connectivity index (χ4n) is 4.46. The molecule has 2 amide bonds. The zero-order valence-electron chi connectivity index (χ0n) is 19.6. The number of fused-ring (bicyclic) bond motifs is 3. The van der Waals surface area contributed by atoms with Crippen molar-refractivity contribution in [2.24, 2.45) is 0 Å². The molecule has 0 fully saturated rings. The number of ether oxygens (including phenoxy) is 1. The summed E-state index contributed by atoms with van der Waals surface area (Å²) in [4.78, 5) is 37.3. The molecule has 180 valence electrons. The first-order chi connectivity index (χ1) is 17.0. The molecule has 0 spiro atoms. The molecule has 0 saturated heterocycles. The lowest BCUT2D eigenvalue weighted by Crippen LogP contribution is -2.36. The molecule has 0 aromatic heterocycles. The summed E-state index contributed by atoms with van der Waals surface area (Å²) in [6, 6.07) is 23.1. The normalized spacial score (nSPS) is 11.9. The molecule has 0 bridgehead atoms. The molecule has 4 rings (SSSR count). The highest BCUT2D eigenvalue weighted by Gasteiger charge is 2.29. The van der Waals surface area contributed by atoms with Crippen molar-refractivity contribution in [1.82, 2.24) is 10.2 Å². The number of carbonyl (C=O) groups is 3. The van der Waals surface area contributed by atoms with Gasteiger partial charge in [-0.3, -0.25) is 9.59 Å². The van der Waals surface area contributed by atoms with E-state index in [9.17, 15) is 14.4 Å². The van der Waals surface area contributed by atoms with Crippen molar-refractivity contribution in [3.05, 3.63) is 95.1 Å². The fraction of sp³-hybridized carbons (Fsp3) is 0.250. The topological polar surface area (TPSA) is 95.9 Å². The maximum Gasteiger partial charge on any atom is 0.407 e. The average molecular weight is 473 g/mol. The summed E-state index contributed by atoms with van der Waals surface area (Å²) < 4.78 is 5.55. The predicted molar refractivity (Wildman–Crippen MR) is 132 cm³/mol. The van der Waals surface area contributed by atoms with Crippen LogP contribution in [-0.4, -0.2) is 47.7 Å². The highest BCUT2D eigenvalue weighted by molar-refractivity contribution is 5.95. The number of hydrogen-bond acceptors (Lipinski definition) is 4. The van der Waals surface area contributed by atoms with E-state index >= 15 is 0 Å².